The molecule has 0 saturated heterocycles. The lowest BCUT2D eigenvalue weighted by Gasteiger charge is -2.04. The van der Waals surface area contributed by atoms with E-state index in [-0.39, 0.29) is 0 Å². The van der Waals surface area contributed by atoms with E-state index in [4.69, 9.17) is 0 Å². The maximum atomic E-state index is 12.1. The van der Waals surface area contributed by atoms with Gasteiger partial charge in [-0.15, -0.1) is 22.7 Å². The molecule has 0 aromatic carbocycles. The smallest absolute Gasteiger partial charge is 0.207 e. The molecule has 0 saturated carbocycles. The van der Waals surface area contributed by atoms with Crippen molar-refractivity contribution >= 4 is 64.6 Å². The van der Waals surface area contributed by atoms with Crippen LogP contribution in [0.5, 0.6) is 0 Å². The predicted octanol–water partition coefficient (Wildman–Crippen LogP) is 4.12. The second kappa shape index (κ2) is 5.72. The minimum Gasteiger partial charge on any atom is -0.207 e. The summed E-state index contributed by atoms with van der Waals surface area (Å²) in [6.07, 6.45) is 0. The van der Waals surface area contributed by atoms with Crippen LogP contribution in [0.1, 0.15) is 9.75 Å². The normalized spacial score (nSPS) is 11.9. The molecule has 0 spiro atoms. The van der Waals surface area contributed by atoms with Gasteiger partial charge < -0.3 is 0 Å². The average molecular weight is 431 g/mol. The SMILES string of the molecule is Cc1sc(Br)cc1S(=O)(=O)NCc1ccc(Br)s1. The summed E-state index contributed by atoms with van der Waals surface area (Å²) < 4.78 is 28.6. The number of rotatable bonds is 4. The molecule has 2 rings (SSSR count). The van der Waals surface area contributed by atoms with Gasteiger partial charge in [0, 0.05) is 16.3 Å². The van der Waals surface area contributed by atoms with Crippen molar-refractivity contribution in [2.45, 2.75) is 18.4 Å². The van der Waals surface area contributed by atoms with Gasteiger partial charge >= 0.3 is 0 Å². The van der Waals surface area contributed by atoms with Crippen LogP contribution in [0.3, 0.4) is 0 Å². The molecule has 0 amide bonds. The number of hydrogen-bond donors (Lipinski definition) is 1. The Labute approximate surface area is 131 Å². The van der Waals surface area contributed by atoms with E-state index in [1.165, 1.54) is 22.7 Å². The van der Waals surface area contributed by atoms with E-state index in [1.54, 1.807) is 13.0 Å². The van der Waals surface area contributed by atoms with Crippen LogP contribution in [0.4, 0.5) is 0 Å². The van der Waals surface area contributed by atoms with Gasteiger partial charge in [0.05, 0.1) is 12.5 Å². The third-order valence-electron chi connectivity index (χ3n) is 2.20. The first-order valence-corrected chi connectivity index (χ1v) is 9.58. The van der Waals surface area contributed by atoms with Crippen LogP contribution in [0.25, 0.3) is 0 Å². The Bertz CT molecular complexity index is 660. The Hall–Kier alpha value is 0.270. The maximum absolute atomic E-state index is 12.1. The van der Waals surface area contributed by atoms with E-state index in [9.17, 15) is 8.42 Å². The van der Waals surface area contributed by atoms with Crippen molar-refractivity contribution in [1.82, 2.24) is 4.72 Å². The molecule has 2 aromatic heterocycles. The Morgan fingerprint density at radius 2 is 1.94 bits per heavy atom. The van der Waals surface area contributed by atoms with Gasteiger partial charge in [-0.05, 0) is 57.0 Å². The zero-order chi connectivity index (χ0) is 13.3. The molecule has 3 nitrogen and oxygen atoms in total. The number of halogens is 2. The molecule has 18 heavy (non-hydrogen) atoms. The lowest BCUT2D eigenvalue weighted by atomic mass is 10.5. The van der Waals surface area contributed by atoms with Crippen molar-refractivity contribution in [2.75, 3.05) is 0 Å². The Kier molecular flexibility index (Phi) is 4.66. The second-order valence-electron chi connectivity index (χ2n) is 3.50. The summed E-state index contributed by atoms with van der Waals surface area (Å²) in [5, 5.41) is 0. The number of aryl methyl sites for hydroxylation is 1. The van der Waals surface area contributed by atoms with Crippen LogP contribution in [0.15, 0.2) is 30.7 Å². The third-order valence-corrected chi connectivity index (χ3v) is 7.03. The number of nitrogens with one attached hydrogen (secondary N) is 1. The van der Waals surface area contributed by atoms with Gasteiger partial charge in [0.2, 0.25) is 10.0 Å². The minimum atomic E-state index is -3.44. The van der Waals surface area contributed by atoms with E-state index >= 15 is 0 Å². The molecule has 0 atom stereocenters. The maximum Gasteiger partial charge on any atom is 0.242 e. The second-order valence-corrected chi connectivity index (χ2v) is 10.4. The molecular formula is C10H9Br2NO2S3. The van der Waals surface area contributed by atoms with Crippen molar-refractivity contribution < 1.29 is 8.42 Å². The van der Waals surface area contributed by atoms with Gasteiger partial charge in [-0.1, -0.05) is 0 Å². The van der Waals surface area contributed by atoms with Crippen LogP contribution in [-0.2, 0) is 16.6 Å². The van der Waals surface area contributed by atoms with Crippen molar-refractivity contribution in [3.05, 3.63) is 35.5 Å². The molecule has 0 aliphatic carbocycles. The summed E-state index contributed by atoms with van der Waals surface area (Å²) in [5.41, 5.74) is 0. The number of hydrogen-bond acceptors (Lipinski definition) is 4. The van der Waals surface area contributed by atoms with Gasteiger partial charge in [-0.3, -0.25) is 0 Å². The summed E-state index contributed by atoms with van der Waals surface area (Å²) in [6, 6.07) is 5.43. The first-order valence-electron chi connectivity index (χ1n) is 4.88. The summed E-state index contributed by atoms with van der Waals surface area (Å²) in [6.45, 7) is 2.11. The fourth-order valence-corrected chi connectivity index (χ4v) is 6.32. The predicted molar refractivity (Wildman–Crippen MR) is 82.8 cm³/mol. The highest BCUT2D eigenvalue weighted by Gasteiger charge is 2.19. The molecule has 0 fully saturated rings. The monoisotopic (exact) mass is 429 g/mol. The van der Waals surface area contributed by atoms with Crippen molar-refractivity contribution in [1.29, 1.82) is 0 Å². The van der Waals surface area contributed by atoms with Crippen LogP contribution in [-0.4, -0.2) is 8.42 Å². The molecule has 0 bridgehead atoms. The highest BCUT2D eigenvalue weighted by molar-refractivity contribution is 9.11. The molecule has 8 heteroatoms. The topological polar surface area (TPSA) is 46.2 Å². The quantitative estimate of drug-likeness (QED) is 0.792. The highest BCUT2D eigenvalue weighted by atomic mass is 79.9. The summed E-state index contributed by atoms with van der Waals surface area (Å²) in [5.74, 6) is 0. The summed E-state index contributed by atoms with van der Waals surface area (Å²) in [4.78, 5) is 2.09. The number of sulfonamides is 1. The fourth-order valence-electron chi connectivity index (χ4n) is 1.39. The Morgan fingerprint density at radius 3 is 2.44 bits per heavy atom. The molecule has 2 aromatic rings. The van der Waals surface area contributed by atoms with Gasteiger partial charge in [0.15, 0.2) is 0 Å². The lowest BCUT2D eigenvalue weighted by Crippen LogP contribution is -2.22. The molecule has 0 aliphatic heterocycles. The van der Waals surface area contributed by atoms with E-state index in [0.29, 0.717) is 11.4 Å². The van der Waals surface area contributed by atoms with E-state index in [1.807, 2.05) is 12.1 Å². The molecule has 2 heterocycles. The van der Waals surface area contributed by atoms with Crippen molar-refractivity contribution in [2.24, 2.45) is 0 Å². The van der Waals surface area contributed by atoms with Crippen molar-refractivity contribution in [3.8, 4) is 0 Å². The van der Waals surface area contributed by atoms with Gasteiger partial charge in [-0.2, -0.15) is 0 Å². The number of thiophene rings is 2. The lowest BCUT2D eigenvalue weighted by molar-refractivity contribution is 0.581. The summed E-state index contributed by atoms with van der Waals surface area (Å²) in [7, 11) is -3.44. The van der Waals surface area contributed by atoms with E-state index in [0.717, 1.165) is 17.3 Å². The average Bonchev–Trinajstić information content (AvgIpc) is 2.82. The highest BCUT2D eigenvalue weighted by Crippen LogP contribution is 2.30. The largest absolute Gasteiger partial charge is 0.242 e. The van der Waals surface area contributed by atoms with Crippen LogP contribution < -0.4 is 4.72 Å². The van der Waals surface area contributed by atoms with E-state index in [2.05, 4.69) is 36.6 Å². The Morgan fingerprint density at radius 1 is 1.22 bits per heavy atom. The molecule has 0 aliphatic rings. The first kappa shape index (κ1) is 14.7. The minimum absolute atomic E-state index is 0.311. The van der Waals surface area contributed by atoms with E-state index < -0.39 is 10.0 Å². The van der Waals surface area contributed by atoms with Crippen molar-refractivity contribution in [3.63, 3.8) is 0 Å². The zero-order valence-corrected chi connectivity index (χ0v) is 14.9. The van der Waals surface area contributed by atoms with Gasteiger partial charge in [-0.25, -0.2) is 13.1 Å². The molecule has 98 valence electrons. The third kappa shape index (κ3) is 3.43. The van der Waals surface area contributed by atoms with Crippen LogP contribution in [0, 0.1) is 6.92 Å². The fraction of sp³-hybridized carbons (Fsp3) is 0.200. The zero-order valence-electron chi connectivity index (χ0n) is 9.24. The first-order chi connectivity index (χ1) is 8.38. The van der Waals surface area contributed by atoms with Crippen LogP contribution >= 0.6 is 54.5 Å². The molecular weight excluding hydrogens is 422 g/mol. The molecule has 0 radical (unpaired) electrons. The molecule has 1 N–H and O–H groups in total. The standard InChI is InChI=1S/C10H9Br2NO2S3/c1-6-8(4-10(12)16-6)18(14,15)13-5-7-2-3-9(11)17-7/h2-4,13H,5H2,1H3. The Balaban J connectivity index is 2.15. The van der Waals surface area contributed by atoms with Gasteiger partial charge in [0.1, 0.15) is 0 Å². The summed E-state index contributed by atoms with van der Waals surface area (Å²) >= 11 is 9.58. The van der Waals surface area contributed by atoms with Gasteiger partial charge in [0.25, 0.3) is 0 Å². The van der Waals surface area contributed by atoms with Crippen LogP contribution in [0.2, 0.25) is 0 Å². The molecule has 0 unspecified atom stereocenters.